The first-order valence-electron chi connectivity index (χ1n) is 4.50. The van der Waals surface area contributed by atoms with Crippen LogP contribution >= 0.6 is 23.2 Å². The van der Waals surface area contributed by atoms with Crippen LogP contribution in [-0.4, -0.2) is 17.2 Å². The first kappa shape index (κ1) is 12.8. The number of hydrogen-bond donors (Lipinski definition) is 2. The number of carbonyl (C=O) groups excluding carboxylic acids is 2. The van der Waals surface area contributed by atoms with E-state index in [0.717, 1.165) is 0 Å². The molecule has 0 saturated heterocycles. The highest BCUT2D eigenvalue weighted by Crippen LogP contribution is 2.10. The van der Waals surface area contributed by atoms with Crippen molar-refractivity contribution in [1.29, 1.82) is 0 Å². The van der Waals surface area contributed by atoms with Gasteiger partial charge in [0.15, 0.2) is 0 Å². The average Bonchev–Trinajstić information content (AvgIpc) is 2.25. The van der Waals surface area contributed by atoms with E-state index in [4.69, 9.17) is 23.2 Å². The lowest BCUT2D eigenvalue weighted by molar-refractivity contribution is -0.121. The zero-order valence-corrected chi connectivity index (χ0v) is 9.97. The van der Waals surface area contributed by atoms with Gasteiger partial charge in [-0.25, -0.2) is 0 Å². The highest BCUT2D eigenvalue weighted by atomic mass is 35.5. The average molecular weight is 261 g/mol. The molecule has 0 aliphatic carbocycles. The van der Waals surface area contributed by atoms with Crippen LogP contribution in [0.4, 0.5) is 0 Å². The summed E-state index contributed by atoms with van der Waals surface area (Å²) < 4.78 is 0. The van der Waals surface area contributed by atoms with Gasteiger partial charge >= 0.3 is 0 Å². The molecule has 1 rings (SSSR count). The Morgan fingerprint density at radius 3 is 2.56 bits per heavy atom. The number of hydrazine groups is 1. The molecule has 0 aliphatic rings. The van der Waals surface area contributed by atoms with Gasteiger partial charge in [0, 0.05) is 10.6 Å². The molecule has 1 aromatic rings. The van der Waals surface area contributed by atoms with Gasteiger partial charge in [0.05, 0.1) is 0 Å². The fraction of sp³-hybridized carbons (Fsp3) is 0.200. The fourth-order valence-electron chi connectivity index (χ4n) is 0.920. The molecule has 1 unspecified atom stereocenters. The van der Waals surface area contributed by atoms with E-state index < -0.39 is 17.2 Å². The summed E-state index contributed by atoms with van der Waals surface area (Å²) in [5.41, 5.74) is 4.77. The largest absolute Gasteiger partial charge is 0.272 e. The molecule has 0 aliphatic heterocycles. The lowest BCUT2D eigenvalue weighted by Gasteiger charge is -2.08. The molecule has 2 amide bonds. The molecule has 6 heteroatoms. The monoisotopic (exact) mass is 260 g/mol. The Morgan fingerprint density at radius 2 is 2.00 bits per heavy atom. The third-order valence-corrected chi connectivity index (χ3v) is 2.18. The Morgan fingerprint density at radius 1 is 1.31 bits per heavy atom. The van der Waals surface area contributed by atoms with Gasteiger partial charge in [0.1, 0.15) is 5.38 Å². The highest BCUT2D eigenvalue weighted by molar-refractivity contribution is 6.31. The maximum absolute atomic E-state index is 11.5. The van der Waals surface area contributed by atoms with Crippen molar-refractivity contribution < 1.29 is 9.59 Å². The lowest BCUT2D eigenvalue weighted by atomic mass is 10.2. The summed E-state index contributed by atoms with van der Waals surface area (Å²) in [6, 6.07) is 6.37. The van der Waals surface area contributed by atoms with Gasteiger partial charge in [-0.05, 0) is 25.1 Å². The molecular formula is C10H10Cl2N2O2. The Hall–Kier alpha value is -1.26. The zero-order valence-electron chi connectivity index (χ0n) is 8.46. The third-order valence-electron chi connectivity index (χ3n) is 1.75. The van der Waals surface area contributed by atoms with Crippen LogP contribution < -0.4 is 10.9 Å². The van der Waals surface area contributed by atoms with Gasteiger partial charge in [0.2, 0.25) is 0 Å². The van der Waals surface area contributed by atoms with Crippen molar-refractivity contribution in [2.24, 2.45) is 0 Å². The number of carbonyl (C=O) groups is 2. The predicted octanol–water partition coefficient (Wildman–Crippen LogP) is 1.73. The zero-order chi connectivity index (χ0) is 12.1. The molecule has 0 spiro atoms. The van der Waals surface area contributed by atoms with Crippen LogP contribution in [-0.2, 0) is 4.79 Å². The van der Waals surface area contributed by atoms with E-state index in [1.807, 2.05) is 0 Å². The second kappa shape index (κ2) is 5.72. The molecule has 1 aromatic carbocycles. The van der Waals surface area contributed by atoms with Gasteiger partial charge in [0.25, 0.3) is 11.8 Å². The number of amides is 2. The van der Waals surface area contributed by atoms with Crippen molar-refractivity contribution in [3.63, 3.8) is 0 Å². The van der Waals surface area contributed by atoms with Crippen molar-refractivity contribution in [3.05, 3.63) is 34.9 Å². The topological polar surface area (TPSA) is 58.2 Å². The van der Waals surface area contributed by atoms with E-state index in [-0.39, 0.29) is 0 Å². The van der Waals surface area contributed by atoms with Crippen LogP contribution in [0.3, 0.4) is 0 Å². The Balaban J connectivity index is 2.57. The molecule has 1 atom stereocenters. The summed E-state index contributed by atoms with van der Waals surface area (Å²) >= 11 is 11.2. The van der Waals surface area contributed by atoms with Gasteiger partial charge < -0.3 is 0 Å². The Labute approximate surface area is 103 Å². The molecule has 0 radical (unpaired) electrons. The standard InChI is InChI=1S/C10H10Cl2N2O2/c1-6(11)9(15)13-14-10(16)7-3-2-4-8(12)5-7/h2-6H,1H3,(H,13,15)(H,14,16). The number of hydrogen-bond acceptors (Lipinski definition) is 2. The molecule has 0 saturated carbocycles. The quantitative estimate of drug-likeness (QED) is 0.629. The Bertz CT molecular complexity index is 408. The summed E-state index contributed by atoms with van der Waals surface area (Å²) in [6.45, 7) is 1.50. The van der Waals surface area contributed by atoms with Gasteiger partial charge in [-0.15, -0.1) is 11.6 Å². The van der Waals surface area contributed by atoms with E-state index in [1.165, 1.54) is 13.0 Å². The summed E-state index contributed by atoms with van der Waals surface area (Å²) in [7, 11) is 0. The van der Waals surface area contributed by atoms with Crippen molar-refractivity contribution in [2.75, 3.05) is 0 Å². The molecule has 0 heterocycles. The molecule has 16 heavy (non-hydrogen) atoms. The SMILES string of the molecule is CC(Cl)C(=O)NNC(=O)c1cccc(Cl)c1. The maximum atomic E-state index is 11.5. The molecular weight excluding hydrogens is 251 g/mol. The normalized spacial score (nSPS) is 11.7. The highest BCUT2D eigenvalue weighted by Gasteiger charge is 2.11. The van der Waals surface area contributed by atoms with E-state index in [0.29, 0.717) is 10.6 Å². The van der Waals surface area contributed by atoms with Crippen LogP contribution in [0.15, 0.2) is 24.3 Å². The minimum absolute atomic E-state index is 0.357. The minimum Gasteiger partial charge on any atom is -0.272 e. The smallest absolute Gasteiger partial charge is 0.269 e. The van der Waals surface area contributed by atoms with Crippen molar-refractivity contribution >= 4 is 35.0 Å². The minimum atomic E-state index is -0.709. The van der Waals surface area contributed by atoms with E-state index >= 15 is 0 Å². The van der Waals surface area contributed by atoms with E-state index in [1.54, 1.807) is 18.2 Å². The summed E-state index contributed by atoms with van der Waals surface area (Å²) in [5.74, 6) is -0.926. The second-order valence-corrected chi connectivity index (χ2v) is 4.16. The number of alkyl halides is 1. The number of halogens is 2. The number of benzene rings is 1. The fourth-order valence-corrected chi connectivity index (χ4v) is 1.16. The van der Waals surface area contributed by atoms with Gasteiger partial charge in [-0.1, -0.05) is 17.7 Å². The van der Waals surface area contributed by atoms with Crippen LogP contribution in [0.1, 0.15) is 17.3 Å². The van der Waals surface area contributed by atoms with Gasteiger partial charge in [-0.3, -0.25) is 20.4 Å². The van der Waals surface area contributed by atoms with Crippen LogP contribution in [0.2, 0.25) is 5.02 Å². The summed E-state index contributed by atoms with van der Waals surface area (Å²) in [5, 5.41) is -0.260. The molecule has 0 bridgehead atoms. The first-order valence-corrected chi connectivity index (χ1v) is 5.32. The number of nitrogens with one attached hydrogen (secondary N) is 2. The van der Waals surface area contributed by atoms with Crippen LogP contribution in [0.5, 0.6) is 0 Å². The molecule has 86 valence electrons. The van der Waals surface area contributed by atoms with Crippen molar-refractivity contribution in [2.45, 2.75) is 12.3 Å². The van der Waals surface area contributed by atoms with E-state index in [2.05, 4.69) is 10.9 Å². The first-order chi connectivity index (χ1) is 7.50. The van der Waals surface area contributed by atoms with Crippen molar-refractivity contribution in [1.82, 2.24) is 10.9 Å². The summed E-state index contributed by atoms with van der Waals surface area (Å²) in [4.78, 5) is 22.6. The predicted molar refractivity (Wildman–Crippen MR) is 62.4 cm³/mol. The number of rotatable bonds is 2. The molecule has 2 N–H and O–H groups in total. The van der Waals surface area contributed by atoms with Crippen LogP contribution in [0, 0.1) is 0 Å². The Kier molecular flexibility index (Phi) is 4.58. The van der Waals surface area contributed by atoms with Gasteiger partial charge in [-0.2, -0.15) is 0 Å². The van der Waals surface area contributed by atoms with Crippen LogP contribution in [0.25, 0.3) is 0 Å². The molecule has 0 fully saturated rings. The van der Waals surface area contributed by atoms with E-state index in [9.17, 15) is 9.59 Å². The van der Waals surface area contributed by atoms with Crippen molar-refractivity contribution in [3.8, 4) is 0 Å². The maximum Gasteiger partial charge on any atom is 0.269 e. The molecule has 4 nitrogen and oxygen atoms in total. The molecule has 0 aromatic heterocycles. The third kappa shape index (κ3) is 3.72. The summed E-state index contributed by atoms with van der Waals surface area (Å²) in [6.07, 6.45) is 0. The second-order valence-electron chi connectivity index (χ2n) is 3.07. The lowest BCUT2D eigenvalue weighted by Crippen LogP contribution is -2.44.